The van der Waals surface area contributed by atoms with E-state index >= 15 is 0 Å². The molecule has 2 heterocycles. The molecule has 7 heteroatoms. The third-order valence-corrected chi connectivity index (χ3v) is 3.16. The first-order valence-electron chi connectivity index (χ1n) is 5.08. The van der Waals surface area contributed by atoms with Crippen molar-refractivity contribution in [2.75, 3.05) is 17.2 Å². The van der Waals surface area contributed by atoms with Gasteiger partial charge >= 0.3 is 5.97 Å². The molecule has 17 heavy (non-hydrogen) atoms. The smallest absolute Gasteiger partial charge is 0.341 e. The Bertz CT molecular complexity index is 466. The monoisotopic (exact) mass is 253 g/mol. The second-order valence-corrected chi connectivity index (χ2v) is 4.19. The van der Waals surface area contributed by atoms with E-state index in [1.165, 1.54) is 17.4 Å². The van der Waals surface area contributed by atoms with Crippen molar-refractivity contribution in [2.45, 2.75) is 6.42 Å². The Morgan fingerprint density at radius 2 is 2.41 bits per heavy atom. The minimum Gasteiger partial charge on any atom is -0.477 e. The molecule has 1 unspecified atom stereocenters. The molecule has 1 saturated heterocycles. The van der Waals surface area contributed by atoms with Crippen molar-refractivity contribution < 1.29 is 14.7 Å². The molecule has 0 spiro atoms. The summed E-state index contributed by atoms with van der Waals surface area (Å²) < 4.78 is 0. The van der Waals surface area contributed by atoms with Gasteiger partial charge in [-0.15, -0.1) is 0 Å². The molecule has 2 rings (SSSR count). The molecule has 0 aromatic carbocycles. The van der Waals surface area contributed by atoms with Crippen LogP contribution in [0.1, 0.15) is 16.8 Å². The Hall–Kier alpha value is -1.63. The number of aromatic carboxylic acids is 1. The average molecular weight is 253 g/mol. The first-order chi connectivity index (χ1) is 8.13. The zero-order valence-electron chi connectivity index (χ0n) is 8.91. The van der Waals surface area contributed by atoms with Crippen LogP contribution in [0.2, 0.25) is 0 Å². The van der Waals surface area contributed by atoms with Gasteiger partial charge in [-0.2, -0.15) is 12.6 Å². The summed E-state index contributed by atoms with van der Waals surface area (Å²) in [4.78, 5) is 31.7. The molecule has 1 amide bonds. The Kier molecular flexibility index (Phi) is 3.28. The number of anilines is 1. The van der Waals surface area contributed by atoms with Crippen molar-refractivity contribution in [1.82, 2.24) is 9.97 Å². The van der Waals surface area contributed by atoms with Crippen molar-refractivity contribution in [3.05, 3.63) is 18.1 Å². The predicted molar refractivity (Wildman–Crippen MR) is 63.3 cm³/mol. The van der Waals surface area contributed by atoms with E-state index in [1.54, 1.807) is 0 Å². The fourth-order valence-electron chi connectivity index (χ4n) is 1.80. The van der Waals surface area contributed by atoms with Gasteiger partial charge in [-0.25, -0.2) is 14.8 Å². The third-order valence-electron chi connectivity index (χ3n) is 2.64. The van der Waals surface area contributed by atoms with Crippen molar-refractivity contribution in [1.29, 1.82) is 0 Å². The highest BCUT2D eigenvalue weighted by Crippen LogP contribution is 2.26. The summed E-state index contributed by atoms with van der Waals surface area (Å²) in [6.07, 6.45) is 2.82. The molecule has 1 aromatic heterocycles. The lowest BCUT2D eigenvalue weighted by atomic mass is 10.1. The van der Waals surface area contributed by atoms with E-state index < -0.39 is 5.97 Å². The van der Waals surface area contributed by atoms with E-state index in [0.717, 1.165) is 0 Å². The molecule has 90 valence electrons. The Balaban J connectivity index is 2.35. The van der Waals surface area contributed by atoms with Gasteiger partial charge in [0, 0.05) is 19.2 Å². The minimum absolute atomic E-state index is 0.0549. The standard InChI is InChI=1S/C10H11N3O3S/c14-8-1-6(4-17)3-13(8)9-7(10(15)16)2-11-5-12-9/h2,5-6,17H,1,3-4H2,(H,15,16). The van der Waals surface area contributed by atoms with Gasteiger partial charge in [0.05, 0.1) is 0 Å². The Morgan fingerprint density at radius 1 is 1.65 bits per heavy atom. The number of hydrogen-bond acceptors (Lipinski definition) is 5. The van der Waals surface area contributed by atoms with Crippen LogP contribution in [0.25, 0.3) is 0 Å². The molecule has 1 aliphatic rings. The van der Waals surface area contributed by atoms with Gasteiger partial charge in [-0.3, -0.25) is 9.69 Å². The molecule has 1 atom stereocenters. The zero-order chi connectivity index (χ0) is 12.4. The number of rotatable bonds is 3. The molecule has 0 saturated carbocycles. The lowest BCUT2D eigenvalue weighted by Crippen LogP contribution is -2.28. The highest BCUT2D eigenvalue weighted by Gasteiger charge is 2.32. The van der Waals surface area contributed by atoms with Crippen molar-refractivity contribution in [3.8, 4) is 0 Å². The quantitative estimate of drug-likeness (QED) is 0.764. The second-order valence-electron chi connectivity index (χ2n) is 3.82. The molecule has 6 nitrogen and oxygen atoms in total. The van der Waals surface area contributed by atoms with E-state index in [0.29, 0.717) is 18.7 Å². The Morgan fingerprint density at radius 3 is 3.00 bits per heavy atom. The molecule has 1 N–H and O–H groups in total. The highest BCUT2D eigenvalue weighted by molar-refractivity contribution is 7.80. The van der Waals surface area contributed by atoms with Gasteiger partial charge in [-0.1, -0.05) is 0 Å². The molecule has 1 fully saturated rings. The van der Waals surface area contributed by atoms with Gasteiger partial charge in [0.25, 0.3) is 0 Å². The first-order valence-corrected chi connectivity index (χ1v) is 5.71. The lowest BCUT2D eigenvalue weighted by molar-refractivity contribution is -0.117. The summed E-state index contributed by atoms with van der Waals surface area (Å²) in [5.41, 5.74) is -0.0549. The number of thiol groups is 1. The SMILES string of the molecule is O=C(O)c1cncnc1N1CC(CS)CC1=O. The number of nitrogens with zero attached hydrogens (tertiary/aromatic N) is 3. The van der Waals surface area contributed by atoms with Gasteiger partial charge < -0.3 is 5.11 Å². The summed E-state index contributed by atoms with van der Waals surface area (Å²) in [6.45, 7) is 0.458. The number of carboxylic acid groups (broad SMARTS) is 1. The number of carbonyl (C=O) groups is 2. The van der Waals surface area contributed by atoms with Crippen LogP contribution in [0.3, 0.4) is 0 Å². The number of carboxylic acids is 1. The predicted octanol–water partition coefficient (Wildman–Crippen LogP) is 0.457. The number of amides is 1. The van der Waals surface area contributed by atoms with Crippen LogP contribution in [0.5, 0.6) is 0 Å². The molecular weight excluding hydrogens is 242 g/mol. The van der Waals surface area contributed by atoms with Gasteiger partial charge in [0.15, 0.2) is 5.82 Å². The van der Waals surface area contributed by atoms with Crippen LogP contribution in [0.4, 0.5) is 5.82 Å². The first kappa shape index (κ1) is 11.8. The van der Waals surface area contributed by atoms with E-state index in [-0.39, 0.29) is 23.2 Å². The summed E-state index contributed by atoms with van der Waals surface area (Å²) in [5, 5.41) is 9.00. The number of hydrogen-bond donors (Lipinski definition) is 2. The maximum Gasteiger partial charge on any atom is 0.341 e. The number of aromatic nitrogens is 2. The van der Waals surface area contributed by atoms with Crippen LogP contribution in [0.15, 0.2) is 12.5 Å². The van der Waals surface area contributed by atoms with Gasteiger partial charge in [0.1, 0.15) is 11.9 Å². The zero-order valence-corrected chi connectivity index (χ0v) is 9.80. The molecule has 0 aliphatic carbocycles. The number of carbonyl (C=O) groups excluding carboxylic acids is 1. The van der Waals surface area contributed by atoms with E-state index in [9.17, 15) is 9.59 Å². The highest BCUT2D eigenvalue weighted by atomic mass is 32.1. The topological polar surface area (TPSA) is 83.4 Å². The fraction of sp³-hybridized carbons (Fsp3) is 0.400. The van der Waals surface area contributed by atoms with Crippen molar-refractivity contribution in [2.24, 2.45) is 5.92 Å². The summed E-state index contributed by atoms with van der Waals surface area (Å²) in [5.74, 6) is -0.354. The van der Waals surface area contributed by atoms with E-state index in [4.69, 9.17) is 5.11 Å². The van der Waals surface area contributed by atoms with Crippen molar-refractivity contribution >= 4 is 30.3 Å². The normalized spacial score (nSPS) is 19.7. The van der Waals surface area contributed by atoms with E-state index in [1.807, 2.05) is 0 Å². The Labute approximate surface area is 103 Å². The van der Waals surface area contributed by atoms with Crippen molar-refractivity contribution in [3.63, 3.8) is 0 Å². The molecule has 1 aliphatic heterocycles. The maximum atomic E-state index is 11.8. The largest absolute Gasteiger partial charge is 0.477 e. The van der Waals surface area contributed by atoms with Gasteiger partial charge in [-0.05, 0) is 11.7 Å². The fourth-order valence-corrected chi connectivity index (χ4v) is 2.04. The molecular formula is C10H11N3O3S. The second kappa shape index (κ2) is 4.70. The summed E-state index contributed by atoms with van der Waals surface area (Å²) >= 11 is 4.15. The van der Waals surface area contributed by atoms with E-state index in [2.05, 4.69) is 22.6 Å². The average Bonchev–Trinajstić information content (AvgIpc) is 2.70. The molecule has 0 bridgehead atoms. The third kappa shape index (κ3) is 2.23. The summed E-state index contributed by atoms with van der Waals surface area (Å²) in [7, 11) is 0. The lowest BCUT2D eigenvalue weighted by Gasteiger charge is -2.16. The molecule has 0 radical (unpaired) electrons. The van der Waals surface area contributed by atoms with Crippen LogP contribution in [-0.4, -0.2) is 39.2 Å². The van der Waals surface area contributed by atoms with Crippen LogP contribution >= 0.6 is 12.6 Å². The summed E-state index contributed by atoms with van der Waals surface area (Å²) in [6, 6.07) is 0. The van der Waals surface area contributed by atoms with Crippen LogP contribution in [0, 0.1) is 5.92 Å². The minimum atomic E-state index is -1.14. The van der Waals surface area contributed by atoms with Crippen LogP contribution < -0.4 is 4.90 Å². The van der Waals surface area contributed by atoms with Crippen LogP contribution in [-0.2, 0) is 4.79 Å². The maximum absolute atomic E-state index is 11.8. The molecule has 1 aromatic rings. The van der Waals surface area contributed by atoms with Gasteiger partial charge in [0.2, 0.25) is 5.91 Å².